The zero-order chi connectivity index (χ0) is 19.4. The molecule has 0 fully saturated rings. The number of rotatable bonds is 7. The summed E-state index contributed by atoms with van der Waals surface area (Å²) < 4.78 is 39.7. The number of ether oxygens (including phenoxy) is 2. The summed E-state index contributed by atoms with van der Waals surface area (Å²) in [5, 5.41) is 4.30. The van der Waals surface area contributed by atoms with Crippen molar-refractivity contribution in [1.82, 2.24) is 9.78 Å². The Hall–Kier alpha value is -3.00. The van der Waals surface area contributed by atoms with Gasteiger partial charge in [-0.25, -0.2) is 8.42 Å². The molecule has 0 atom stereocenters. The number of nitrogens with one attached hydrogen (secondary N) is 1. The maximum Gasteiger partial charge on any atom is 0.263 e. The molecule has 3 aromatic rings. The van der Waals surface area contributed by atoms with Crippen molar-refractivity contribution in [1.29, 1.82) is 0 Å². The molecule has 27 heavy (non-hydrogen) atoms. The lowest BCUT2D eigenvalue weighted by atomic mass is 10.1. The lowest BCUT2D eigenvalue weighted by Crippen LogP contribution is -2.14. The maximum atomic E-state index is 12.6. The van der Waals surface area contributed by atoms with Crippen LogP contribution in [-0.4, -0.2) is 32.4 Å². The van der Waals surface area contributed by atoms with Crippen LogP contribution in [0.4, 0.5) is 5.82 Å². The van der Waals surface area contributed by atoms with E-state index in [2.05, 4.69) is 9.82 Å². The predicted octanol–water partition coefficient (Wildman–Crippen LogP) is 3.06. The molecule has 1 N–H and O–H groups in total. The number of methoxy groups -OCH3 is 2. The van der Waals surface area contributed by atoms with E-state index < -0.39 is 10.0 Å². The summed E-state index contributed by atoms with van der Waals surface area (Å²) in [7, 11) is -0.855. The SMILES string of the molecule is COc1ccc(S(=O)(=O)Nc2ccn(Cc3ccccc3C)n2)cc1OC. The highest BCUT2D eigenvalue weighted by Crippen LogP contribution is 2.30. The first-order valence-electron chi connectivity index (χ1n) is 8.26. The van der Waals surface area contributed by atoms with Gasteiger partial charge in [-0.3, -0.25) is 9.40 Å². The van der Waals surface area contributed by atoms with Gasteiger partial charge in [0.2, 0.25) is 0 Å². The third-order valence-electron chi connectivity index (χ3n) is 4.14. The summed E-state index contributed by atoms with van der Waals surface area (Å²) in [6.07, 6.45) is 1.74. The van der Waals surface area contributed by atoms with E-state index >= 15 is 0 Å². The van der Waals surface area contributed by atoms with Crippen molar-refractivity contribution >= 4 is 15.8 Å². The van der Waals surface area contributed by atoms with E-state index in [4.69, 9.17) is 9.47 Å². The lowest BCUT2D eigenvalue weighted by molar-refractivity contribution is 0.354. The fourth-order valence-corrected chi connectivity index (χ4v) is 3.66. The molecule has 8 heteroatoms. The van der Waals surface area contributed by atoms with Crippen molar-refractivity contribution in [3.05, 3.63) is 65.9 Å². The van der Waals surface area contributed by atoms with Crippen molar-refractivity contribution < 1.29 is 17.9 Å². The molecule has 0 aliphatic rings. The fraction of sp³-hybridized carbons (Fsp3) is 0.211. The van der Waals surface area contributed by atoms with Crippen molar-refractivity contribution in [2.75, 3.05) is 18.9 Å². The second kappa shape index (κ2) is 7.71. The quantitative estimate of drug-likeness (QED) is 0.674. The number of sulfonamides is 1. The highest BCUT2D eigenvalue weighted by Gasteiger charge is 2.18. The topological polar surface area (TPSA) is 82.5 Å². The third-order valence-corrected chi connectivity index (χ3v) is 5.49. The molecule has 0 aliphatic carbocycles. The summed E-state index contributed by atoms with van der Waals surface area (Å²) >= 11 is 0. The van der Waals surface area contributed by atoms with Crippen LogP contribution in [0.25, 0.3) is 0 Å². The number of aromatic nitrogens is 2. The standard InChI is InChI=1S/C19H21N3O4S/c1-14-6-4-5-7-15(14)13-22-11-10-19(20-22)21-27(23,24)16-8-9-17(25-2)18(12-16)26-3/h4-12H,13H2,1-3H3,(H,20,21). The van der Waals surface area contributed by atoms with Gasteiger partial charge in [-0.05, 0) is 30.2 Å². The molecule has 0 saturated heterocycles. The van der Waals surface area contributed by atoms with Gasteiger partial charge in [-0.2, -0.15) is 5.10 Å². The Morgan fingerprint density at radius 1 is 1.04 bits per heavy atom. The van der Waals surface area contributed by atoms with E-state index in [1.807, 2.05) is 31.2 Å². The first-order valence-corrected chi connectivity index (χ1v) is 9.74. The molecule has 142 valence electrons. The summed E-state index contributed by atoms with van der Waals surface area (Å²) in [6, 6.07) is 14.0. The molecule has 3 rings (SSSR count). The summed E-state index contributed by atoms with van der Waals surface area (Å²) in [5.74, 6) is 1.04. The fourth-order valence-electron chi connectivity index (χ4n) is 2.65. The van der Waals surface area contributed by atoms with Crippen LogP contribution >= 0.6 is 0 Å². The Morgan fingerprint density at radius 2 is 1.78 bits per heavy atom. The van der Waals surface area contributed by atoms with Crippen LogP contribution in [-0.2, 0) is 16.6 Å². The summed E-state index contributed by atoms with van der Waals surface area (Å²) in [6.45, 7) is 2.59. The van der Waals surface area contributed by atoms with Crippen molar-refractivity contribution in [3.63, 3.8) is 0 Å². The minimum absolute atomic E-state index is 0.0635. The van der Waals surface area contributed by atoms with Gasteiger partial charge in [0.15, 0.2) is 17.3 Å². The predicted molar refractivity (Wildman–Crippen MR) is 103 cm³/mol. The van der Waals surface area contributed by atoms with Gasteiger partial charge in [-0.1, -0.05) is 24.3 Å². The smallest absolute Gasteiger partial charge is 0.263 e. The van der Waals surface area contributed by atoms with Crippen molar-refractivity contribution in [3.8, 4) is 11.5 Å². The van der Waals surface area contributed by atoms with Crippen LogP contribution < -0.4 is 14.2 Å². The largest absolute Gasteiger partial charge is 0.493 e. The first kappa shape index (κ1) is 18.8. The van der Waals surface area contributed by atoms with E-state index in [1.165, 1.54) is 26.4 Å². The van der Waals surface area contributed by atoms with Gasteiger partial charge in [0.25, 0.3) is 10.0 Å². The molecule has 0 radical (unpaired) electrons. The molecule has 2 aromatic carbocycles. The molecule has 1 aromatic heterocycles. The zero-order valence-corrected chi connectivity index (χ0v) is 16.2. The highest BCUT2D eigenvalue weighted by molar-refractivity contribution is 7.92. The Balaban J connectivity index is 1.79. The van der Waals surface area contributed by atoms with Gasteiger partial charge in [0, 0.05) is 18.3 Å². The maximum absolute atomic E-state index is 12.6. The Bertz CT molecular complexity index is 1040. The van der Waals surface area contributed by atoms with Gasteiger partial charge >= 0.3 is 0 Å². The molecule has 0 saturated carbocycles. The molecule has 0 bridgehead atoms. The van der Waals surface area contributed by atoms with Gasteiger partial charge in [0.05, 0.1) is 25.7 Å². The number of nitrogens with zero attached hydrogens (tertiary/aromatic N) is 2. The van der Waals surface area contributed by atoms with E-state index in [-0.39, 0.29) is 10.7 Å². The molecule has 0 spiro atoms. The van der Waals surface area contributed by atoms with Crippen LogP contribution in [0.2, 0.25) is 0 Å². The minimum atomic E-state index is -3.80. The second-order valence-corrected chi connectivity index (χ2v) is 7.63. The van der Waals surface area contributed by atoms with Crippen LogP contribution in [0, 0.1) is 6.92 Å². The molecule has 0 unspecified atom stereocenters. The van der Waals surface area contributed by atoms with E-state index in [9.17, 15) is 8.42 Å². The number of benzene rings is 2. The average molecular weight is 387 g/mol. The molecule has 1 heterocycles. The molecular formula is C19H21N3O4S. The number of hydrogen-bond acceptors (Lipinski definition) is 5. The van der Waals surface area contributed by atoms with Crippen molar-refractivity contribution in [2.24, 2.45) is 0 Å². The van der Waals surface area contributed by atoms with Crippen LogP contribution in [0.15, 0.2) is 59.6 Å². The van der Waals surface area contributed by atoms with Crippen LogP contribution in [0.5, 0.6) is 11.5 Å². The first-order chi connectivity index (χ1) is 12.9. The minimum Gasteiger partial charge on any atom is -0.493 e. The summed E-state index contributed by atoms with van der Waals surface area (Å²) in [5.41, 5.74) is 2.27. The van der Waals surface area contributed by atoms with Gasteiger partial charge < -0.3 is 9.47 Å². The Kier molecular flexibility index (Phi) is 5.36. The average Bonchev–Trinajstić information content (AvgIpc) is 3.09. The highest BCUT2D eigenvalue weighted by atomic mass is 32.2. The van der Waals surface area contributed by atoms with Gasteiger partial charge in [0.1, 0.15) is 0 Å². The van der Waals surface area contributed by atoms with Gasteiger partial charge in [-0.15, -0.1) is 0 Å². The Labute approximate surface area is 158 Å². The molecule has 0 amide bonds. The molecular weight excluding hydrogens is 366 g/mol. The number of hydrogen-bond donors (Lipinski definition) is 1. The monoisotopic (exact) mass is 387 g/mol. The zero-order valence-electron chi connectivity index (χ0n) is 15.3. The second-order valence-electron chi connectivity index (χ2n) is 5.95. The van der Waals surface area contributed by atoms with Crippen LogP contribution in [0.1, 0.15) is 11.1 Å². The van der Waals surface area contributed by atoms with Crippen molar-refractivity contribution in [2.45, 2.75) is 18.4 Å². The Morgan fingerprint density at radius 3 is 2.48 bits per heavy atom. The van der Waals surface area contributed by atoms with Crippen LogP contribution in [0.3, 0.4) is 0 Å². The third kappa shape index (κ3) is 4.22. The number of aryl methyl sites for hydroxylation is 1. The lowest BCUT2D eigenvalue weighted by Gasteiger charge is -2.10. The van der Waals surface area contributed by atoms with E-state index in [0.717, 1.165) is 11.1 Å². The molecule has 7 nitrogen and oxygen atoms in total. The number of anilines is 1. The van der Waals surface area contributed by atoms with E-state index in [0.29, 0.717) is 18.0 Å². The summed E-state index contributed by atoms with van der Waals surface area (Å²) in [4.78, 5) is 0.0635. The van der Waals surface area contributed by atoms with E-state index in [1.54, 1.807) is 23.0 Å². The normalized spacial score (nSPS) is 11.2. The molecule has 0 aliphatic heterocycles.